The number of hydrogen-bond donors (Lipinski definition) is 4. The van der Waals surface area contributed by atoms with E-state index in [-0.39, 0.29) is 32.0 Å². The number of ether oxygens (including phenoxy) is 1. The molecule has 0 aromatic heterocycles. The van der Waals surface area contributed by atoms with Crippen molar-refractivity contribution in [2.45, 2.75) is 12.8 Å². The molecular weight excluding hydrogens is 342 g/mol. The SMILES string of the molecule is C=Cc1ccc(C(=O)NCCOCCONC(=O)CCC(=O)NO)cc1. The molecule has 0 saturated heterocycles. The summed E-state index contributed by atoms with van der Waals surface area (Å²) in [6.45, 7) is 4.63. The Labute approximate surface area is 151 Å². The van der Waals surface area contributed by atoms with E-state index in [2.05, 4.69) is 17.4 Å². The van der Waals surface area contributed by atoms with Crippen molar-refractivity contribution in [2.24, 2.45) is 0 Å². The number of hydrogen-bond acceptors (Lipinski definition) is 6. The van der Waals surface area contributed by atoms with Crippen molar-refractivity contribution in [1.29, 1.82) is 0 Å². The number of hydroxylamine groups is 2. The summed E-state index contributed by atoms with van der Waals surface area (Å²) in [7, 11) is 0. The van der Waals surface area contributed by atoms with Crippen molar-refractivity contribution < 1.29 is 29.2 Å². The van der Waals surface area contributed by atoms with E-state index in [0.717, 1.165) is 5.56 Å². The quantitative estimate of drug-likeness (QED) is 0.241. The molecule has 0 unspecified atom stereocenters. The van der Waals surface area contributed by atoms with Gasteiger partial charge < -0.3 is 10.1 Å². The van der Waals surface area contributed by atoms with Crippen molar-refractivity contribution in [2.75, 3.05) is 26.4 Å². The molecule has 0 radical (unpaired) electrons. The number of carbonyl (C=O) groups is 3. The molecule has 1 aromatic carbocycles. The molecule has 3 amide bonds. The standard InChI is InChI=1S/C17H23N3O6/c1-2-13-3-5-14(6-4-13)17(23)18-9-10-25-11-12-26-20-16(22)8-7-15(21)19-24/h2-6,24H,1,7-12H2,(H,18,23)(H,19,21)(H,20,22). The van der Waals surface area contributed by atoms with Gasteiger partial charge in [0.1, 0.15) is 0 Å². The highest BCUT2D eigenvalue weighted by molar-refractivity contribution is 5.94. The Hall–Kier alpha value is -2.75. The summed E-state index contributed by atoms with van der Waals surface area (Å²) in [6.07, 6.45) is 1.46. The average molecular weight is 365 g/mol. The van der Waals surface area contributed by atoms with Crippen LogP contribution in [0.4, 0.5) is 0 Å². The van der Waals surface area contributed by atoms with Crippen LogP contribution in [0.25, 0.3) is 6.08 Å². The number of amides is 3. The third-order valence-electron chi connectivity index (χ3n) is 3.16. The van der Waals surface area contributed by atoms with Crippen LogP contribution in [0.1, 0.15) is 28.8 Å². The van der Waals surface area contributed by atoms with Gasteiger partial charge in [0.25, 0.3) is 5.91 Å². The molecule has 142 valence electrons. The highest BCUT2D eigenvalue weighted by Crippen LogP contribution is 2.05. The van der Waals surface area contributed by atoms with Crippen LogP contribution in [0.15, 0.2) is 30.8 Å². The van der Waals surface area contributed by atoms with Crippen molar-refractivity contribution in [1.82, 2.24) is 16.3 Å². The van der Waals surface area contributed by atoms with Crippen LogP contribution in [0.3, 0.4) is 0 Å². The number of benzene rings is 1. The summed E-state index contributed by atoms with van der Waals surface area (Å²) < 4.78 is 5.25. The van der Waals surface area contributed by atoms with Crippen LogP contribution < -0.4 is 16.3 Å². The fourth-order valence-corrected chi connectivity index (χ4v) is 1.78. The third kappa shape index (κ3) is 8.92. The predicted octanol–water partition coefficient (Wildman–Crippen LogP) is 0.409. The van der Waals surface area contributed by atoms with Crippen molar-refractivity contribution in [3.05, 3.63) is 42.0 Å². The minimum absolute atomic E-state index is 0.104. The Kier molecular flexibility index (Phi) is 10.3. The number of nitrogens with one attached hydrogen (secondary N) is 3. The van der Waals surface area contributed by atoms with Gasteiger partial charge in [0.15, 0.2) is 0 Å². The highest BCUT2D eigenvalue weighted by atomic mass is 16.7. The van der Waals surface area contributed by atoms with Gasteiger partial charge in [-0.3, -0.25) is 24.4 Å². The average Bonchev–Trinajstić information content (AvgIpc) is 2.67. The van der Waals surface area contributed by atoms with Crippen LogP contribution in [0.5, 0.6) is 0 Å². The lowest BCUT2D eigenvalue weighted by Gasteiger charge is -2.08. The summed E-state index contributed by atoms with van der Waals surface area (Å²) in [6, 6.07) is 7.04. The second-order valence-electron chi connectivity index (χ2n) is 5.10. The summed E-state index contributed by atoms with van der Waals surface area (Å²) in [5.74, 6) is -1.33. The van der Waals surface area contributed by atoms with E-state index < -0.39 is 11.8 Å². The van der Waals surface area contributed by atoms with Crippen molar-refractivity contribution in [3.63, 3.8) is 0 Å². The van der Waals surface area contributed by atoms with Crippen LogP contribution >= 0.6 is 0 Å². The van der Waals surface area contributed by atoms with E-state index in [4.69, 9.17) is 14.8 Å². The minimum Gasteiger partial charge on any atom is -0.377 e. The first-order chi connectivity index (χ1) is 12.6. The molecule has 26 heavy (non-hydrogen) atoms. The predicted molar refractivity (Wildman–Crippen MR) is 92.9 cm³/mol. The molecule has 0 fully saturated rings. The van der Waals surface area contributed by atoms with E-state index in [1.54, 1.807) is 30.3 Å². The molecule has 4 N–H and O–H groups in total. The highest BCUT2D eigenvalue weighted by Gasteiger charge is 2.06. The molecule has 0 aliphatic carbocycles. The summed E-state index contributed by atoms with van der Waals surface area (Å²) >= 11 is 0. The van der Waals surface area contributed by atoms with Crippen LogP contribution in [-0.2, 0) is 19.2 Å². The Morgan fingerprint density at radius 3 is 2.38 bits per heavy atom. The second-order valence-corrected chi connectivity index (χ2v) is 5.10. The maximum absolute atomic E-state index is 11.9. The molecule has 0 heterocycles. The number of carbonyl (C=O) groups excluding carboxylic acids is 3. The molecular formula is C17H23N3O6. The largest absolute Gasteiger partial charge is 0.377 e. The molecule has 0 bridgehead atoms. The molecule has 0 spiro atoms. The summed E-state index contributed by atoms with van der Waals surface area (Å²) in [5.41, 5.74) is 5.06. The molecule has 0 atom stereocenters. The van der Waals surface area contributed by atoms with Crippen molar-refractivity contribution in [3.8, 4) is 0 Å². The first-order valence-electron chi connectivity index (χ1n) is 7.99. The van der Waals surface area contributed by atoms with Gasteiger partial charge in [0.05, 0.1) is 19.8 Å². The van der Waals surface area contributed by atoms with Gasteiger partial charge in [-0.15, -0.1) is 0 Å². The molecule has 9 nitrogen and oxygen atoms in total. The van der Waals surface area contributed by atoms with Gasteiger partial charge >= 0.3 is 0 Å². The van der Waals surface area contributed by atoms with E-state index in [9.17, 15) is 14.4 Å². The Bertz CT molecular complexity index is 603. The van der Waals surface area contributed by atoms with E-state index >= 15 is 0 Å². The fraction of sp³-hybridized carbons (Fsp3) is 0.353. The zero-order chi connectivity index (χ0) is 19.2. The first kappa shape index (κ1) is 21.3. The molecule has 0 aliphatic rings. The van der Waals surface area contributed by atoms with E-state index in [1.807, 2.05) is 0 Å². The molecule has 0 aliphatic heterocycles. The Morgan fingerprint density at radius 2 is 1.73 bits per heavy atom. The van der Waals surface area contributed by atoms with Gasteiger partial charge in [-0.2, -0.15) is 0 Å². The van der Waals surface area contributed by atoms with Gasteiger partial charge in [-0.1, -0.05) is 24.8 Å². The van der Waals surface area contributed by atoms with Gasteiger partial charge in [0, 0.05) is 24.9 Å². The van der Waals surface area contributed by atoms with Crippen LogP contribution in [0, 0.1) is 0 Å². The topological polar surface area (TPSA) is 126 Å². The monoisotopic (exact) mass is 365 g/mol. The first-order valence-corrected chi connectivity index (χ1v) is 7.99. The van der Waals surface area contributed by atoms with Crippen LogP contribution in [-0.4, -0.2) is 49.3 Å². The lowest BCUT2D eigenvalue weighted by Crippen LogP contribution is -2.29. The maximum atomic E-state index is 11.9. The Morgan fingerprint density at radius 1 is 1.04 bits per heavy atom. The molecule has 1 rings (SSSR count). The Balaban J connectivity index is 2.01. The summed E-state index contributed by atoms with van der Waals surface area (Å²) in [4.78, 5) is 38.7. The van der Waals surface area contributed by atoms with E-state index in [0.29, 0.717) is 18.7 Å². The summed E-state index contributed by atoms with van der Waals surface area (Å²) in [5, 5.41) is 11.0. The number of rotatable bonds is 12. The van der Waals surface area contributed by atoms with Gasteiger partial charge in [-0.05, 0) is 17.7 Å². The van der Waals surface area contributed by atoms with Crippen LogP contribution in [0.2, 0.25) is 0 Å². The zero-order valence-electron chi connectivity index (χ0n) is 14.3. The van der Waals surface area contributed by atoms with Crippen molar-refractivity contribution >= 4 is 23.8 Å². The normalized spacial score (nSPS) is 10.0. The third-order valence-corrected chi connectivity index (χ3v) is 3.16. The smallest absolute Gasteiger partial charge is 0.251 e. The lowest BCUT2D eigenvalue weighted by molar-refractivity contribution is -0.138. The molecule has 1 aromatic rings. The van der Waals surface area contributed by atoms with Gasteiger partial charge in [-0.25, -0.2) is 11.0 Å². The second kappa shape index (κ2) is 12.6. The fourth-order valence-electron chi connectivity index (χ4n) is 1.78. The zero-order valence-corrected chi connectivity index (χ0v) is 14.3. The minimum atomic E-state index is -0.651. The van der Waals surface area contributed by atoms with Gasteiger partial charge in [0.2, 0.25) is 11.8 Å². The molecule has 0 saturated carbocycles. The van der Waals surface area contributed by atoms with E-state index in [1.165, 1.54) is 5.48 Å². The maximum Gasteiger partial charge on any atom is 0.251 e. The lowest BCUT2D eigenvalue weighted by atomic mass is 10.1. The molecule has 9 heteroatoms.